The molecule has 0 saturated carbocycles. The molecule has 0 atom stereocenters. The van der Waals surface area contributed by atoms with Crippen LogP contribution in [0.15, 0.2) is 75.9 Å². The van der Waals surface area contributed by atoms with Gasteiger partial charge in [0, 0.05) is 5.56 Å². The molecule has 1 amide bonds. The highest BCUT2D eigenvalue weighted by molar-refractivity contribution is 6.01. The second kappa shape index (κ2) is 8.07. The van der Waals surface area contributed by atoms with Gasteiger partial charge in [-0.3, -0.25) is 4.79 Å². The van der Waals surface area contributed by atoms with Gasteiger partial charge in [-0.05, 0) is 25.0 Å². The minimum Gasteiger partial charge on any atom is -0.360 e. The Bertz CT molecular complexity index is 942. The zero-order valence-electron chi connectivity index (χ0n) is 14.6. The fraction of sp³-hybridized carbons (Fsp3) is 0.0952. The van der Waals surface area contributed by atoms with Gasteiger partial charge in [0.15, 0.2) is 0 Å². The third-order valence-corrected chi connectivity index (χ3v) is 3.77. The van der Waals surface area contributed by atoms with Crippen LogP contribution >= 0.6 is 0 Å². The van der Waals surface area contributed by atoms with Crippen molar-refractivity contribution in [1.29, 1.82) is 0 Å². The van der Waals surface area contributed by atoms with Crippen LogP contribution < -0.4 is 5.43 Å². The van der Waals surface area contributed by atoms with Gasteiger partial charge >= 0.3 is 0 Å². The van der Waals surface area contributed by atoms with E-state index in [0.29, 0.717) is 17.0 Å². The molecule has 1 aromatic heterocycles. The second-order valence-corrected chi connectivity index (χ2v) is 5.83. The molecule has 1 heterocycles. The molecule has 0 saturated heterocycles. The number of nitrogens with zero attached hydrogens (tertiary/aromatic N) is 2. The van der Waals surface area contributed by atoms with E-state index in [9.17, 15) is 4.79 Å². The lowest BCUT2D eigenvalue weighted by molar-refractivity contribution is 0.0954. The van der Waals surface area contributed by atoms with Gasteiger partial charge in [0.25, 0.3) is 5.91 Å². The van der Waals surface area contributed by atoms with Gasteiger partial charge in [0.1, 0.15) is 17.0 Å². The number of nitrogens with one attached hydrogen (secondary N) is 1. The number of aryl methyl sites for hydroxylation is 1. The SMILES string of the molecule is C/C(C=NNC(=O)c1c(-c2ccccc2)noc1C)=C/c1ccccc1. The number of benzene rings is 2. The van der Waals surface area contributed by atoms with Gasteiger partial charge in [0.05, 0.1) is 6.21 Å². The van der Waals surface area contributed by atoms with Crippen LogP contribution in [0.4, 0.5) is 0 Å². The van der Waals surface area contributed by atoms with Crippen molar-refractivity contribution in [1.82, 2.24) is 10.6 Å². The summed E-state index contributed by atoms with van der Waals surface area (Å²) in [6, 6.07) is 19.3. The summed E-state index contributed by atoms with van der Waals surface area (Å²) in [6.45, 7) is 3.63. The van der Waals surface area contributed by atoms with E-state index in [4.69, 9.17) is 4.52 Å². The summed E-state index contributed by atoms with van der Waals surface area (Å²) < 4.78 is 5.20. The number of aromatic nitrogens is 1. The largest absolute Gasteiger partial charge is 0.360 e. The average Bonchev–Trinajstić information content (AvgIpc) is 3.05. The minimum absolute atomic E-state index is 0.355. The molecule has 26 heavy (non-hydrogen) atoms. The van der Waals surface area contributed by atoms with Gasteiger partial charge in [-0.1, -0.05) is 71.9 Å². The zero-order chi connectivity index (χ0) is 18.4. The molecule has 0 fully saturated rings. The Morgan fingerprint density at radius 3 is 2.42 bits per heavy atom. The molecule has 0 aliphatic carbocycles. The zero-order valence-corrected chi connectivity index (χ0v) is 14.6. The molecule has 2 aromatic carbocycles. The Balaban J connectivity index is 1.73. The molecule has 0 bridgehead atoms. The van der Waals surface area contributed by atoms with Crippen molar-refractivity contribution in [3.63, 3.8) is 0 Å². The van der Waals surface area contributed by atoms with Gasteiger partial charge in [-0.25, -0.2) is 5.43 Å². The Morgan fingerprint density at radius 2 is 1.73 bits per heavy atom. The van der Waals surface area contributed by atoms with Crippen LogP contribution in [0.2, 0.25) is 0 Å². The highest BCUT2D eigenvalue weighted by Crippen LogP contribution is 2.24. The summed E-state index contributed by atoms with van der Waals surface area (Å²) in [4.78, 5) is 12.5. The van der Waals surface area contributed by atoms with E-state index in [1.165, 1.54) is 0 Å². The quantitative estimate of drug-likeness (QED) is 0.548. The van der Waals surface area contributed by atoms with Crippen LogP contribution in [0, 0.1) is 6.92 Å². The molecule has 0 spiro atoms. The first-order valence-electron chi connectivity index (χ1n) is 8.23. The summed E-state index contributed by atoms with van der Waals surface area (Å²) >= 11 is 0. The monoisotopic (exact) mass is 345 g/mol. The maximum absolute atomic E-state index is 12.5. The Morgan fingerprint density at radius 1 is 1.08 bits per heavy atom. The lowest BCUT2D eigenvalue weighted by Crippen LogP contribution is -2.18. The molecule has 5 heteroatoms. The van der Waals surface area contributed by atoms with E-state index < -0.39 is 0 Å². The highest BCUT2D eigenvalue weighted by atomic mass is 16.5. The molecule has 130 valence electrons. The number of allylic oxidation sites excluding steroid dienone is 1. The first kappa shape index (κ1) is 17.4. The third kappa shape index (κ3) is 4.13. The number of carbonyl (C=O) groups excluding carboxylic acids is 1. The predicted octanol–water partition coefficient (Wildman–Crippen LogP) is 4.47. The Kier molecular flexibility index (Phi) is 5.39. The summed E-state index contributed by atoms with van der Waals surface area (Å²) in [7, 11) is 0. The van der Waals surface area contributed by atoms with Gasteiger partial charge in [0.2, 0.25) is 0 Å². The molecular formula is C21H19N3O2. The molecule has 3 rings (SSSR count). The van der Waals surface area contributed by atoms with Crippen molar-refractivity contribution >= 4 is 18.2 Å². The molecule has 1 N–H and O–H groups in total. The number of carbonyl (C=O) groups is 1. The molecule has 0 radical (unpaired) electrons. The second-order valence-electron chi connectivity index (χ2n) is 5.83. The van der Waals surface area contributed by atoms with Gasteiger partial charge in [-0.15, -0.1) is 0 Å². The van der Waals surface area contributed by atoms with Crippen molar-refractivity contribution in [2.24, 2.45) is 5.10 Å². The lowest BCUT2D eigenvalue weighted by atomic mass is 10.1. The number of hydrazone groups is 1. The van der Waals surface area contributed by atoms with E-state index in [2.05, 4.69) is 15.7 Å². The van der Waals surface area contributed by atoms with E-state index in [1.807, 2.05) is 73.7 Å². The first-order chi connectivity index (χ1) is 12.6. The van der Waals surface area contributed by atoms with E-state index in [-0.39, 0.29) is 5.91 Å². The maximum Gasteiger partial charge on any atom is 0.277 e. The predicted molar refractivity (Wildman–Crippen MR) is 103 cm³/mol. The smallest absolute Gasteiger partial charge is 0.277 e. The fourth-order valence-electron chi connectivity index (χ4n) is 2.53. The van der Waals surface area contributed by atoms with Crippen molar-refractivity contribution in [2.75, 3.05) is 0 Å². The fourth-order valence-corrected chi connectivity index (χ4v) is 2.53. The van der Waals surface area contributed by atoms with Crippen LogP contribution in [0.1, 0.15) is 28.6 Å². The molecule has 3 aromatic rings. The molecule has 5 nitrogen and oxygen atoms in total. The lowest BCUT2D eigenvalue weighted by Gasteiger charge is -2.01. The summed E-state index contributed by atoms with van der Waals surface area (Å²) in [5, 5.41) is 8.04. The molecule has 0 aliphatic rings. The number of hydrogen-bond acceptors (Lipinski definition) is 4. The normalized spacial score (nSPS) is 11.7. The van der Waals surface area contributed by atoms with Crippen LogP contribution in [-0.2, 0) is 0 Å². The van der Waals surface area contributed by atoms with Crippen molar-refractivity contribution in [3.05, 3.63) is 83.1 Å². The standard InChI is InChI=1S/C21H19N3O2/c1-15(13-17-9-5-3-6-10-17)14-22-23-21(25)19-16(2)26-24-20(19)18-11-7-4-8-12-18/h3-14H,1-2H3,(H,23,25)/b15-13-,22-14?. The van der Waals surface area contributed by atoms with Crippen molar-refractivity contribution in [3.8, 4) is 11.3 Å². The number of hydrogen-bond donors (Lipinski definition) is 1. The van der Waals surface area contributed by atoms with E-state index in [0.717, 1.165) is 16.7 Å². The Labute approximate surface area is 152 Å². The highest BCUT2D eigenvalue weighted by Gasteiger charge is 2.21. The number of rotatable bonds is 5. The topological polar surface area (TPSA) is 67.5 Å². The van der Waals surface area contributed by atoms with Gasteiger partial charge < -0.3 is 4.52 Å². The van der Waals surface area contributed by atoms with Gasteiger partial charge in [-0.2, -0.15) is 5.10 Å². The third-order valence-electron chi connectivity index (χ3n) is 3.77. The molecular weight excluding hydrogens is 326 g/mol. The summed E-state index contributed by atoms with van der Waals surface area (Å²) in [5.74, 6) is 0.0967. The average molecular weight is 345 g/mol. The maximum atomic E-state index is 12.5. The van der Waals surface area contributed by atoms with Crippen LogP contribution in [-0.4, -0.2) is 17.3 Å². The van der Waals surface area contributed by atoms with E-state index in [1.54, 1.807) is 13.1 Å². The van der Waals surface area contributed by atoms with Crippen LogP contribution in [0.3, 0.4) is 0 Å². The van der Waals surface area contributed by atoms with Crippen molar-refractivity contribution < 1.29 is 9.32 Å². The Hall–Kier alpha value is -3.47. The minimum atomic E-state index is -0.355. The molecule has 0 aliphatic heterocycles. The number of amides is 1. The summed E-state index contributed by atoms with van der Waals surface area (Å²) in [5.41, 5.74) is 6.25. The molecule has 0 unspecified atom stereocenters. The van der Waals surface area contributed by atoms with E-state index >= 15 is 0 Å². The van der Waals surface area contributed by atoms with Crippen LogP contribution in [0.5, 0.6) is 0 Å². The first-order valence-corrected chi connectivity index (χ1v) is 8.23. The van der Waals surface area contributed by atoms with Crippen LogP contribution in [0.25, 0.3) is 17.3 Å². The van der Waals surface area contributed by atoms with Crippen molar-refractivity contribution in [2.45, 2.75) is 13.8 Å². The summed E-state index contributed by atoms with van der Waals surface area (Å²) in [6.07, 6.45) is 3.59.